The second-order valence-corrected chi connectivity index (χ2v) is 2.17. The van der Waals surface area contributed by atoms with E-state index in [-0.39, 0.29) is 12.4 Å². The van der Waals surface area contributed by atoms with Gasteiger partial charge in [0, 0.05) is 6.04 Å². The standard InChI is InChI=1S/C5H11N.ClH/c1-4-3-6-5(4)2;/h4-6H,3H2,1-2H3;1H. The van der Waals surface area contributed by atoms with Crippen molar-refractivity contribution in [2.45, 2.75) is 19.9 Å². The van der Waals surface area contributed by atoms with Crippen LogP contribution in [-0.4, -0.2) is 12.6 Å². The molecule has 0 aromatic rings. The van der Waals surface area contributed by atoms with Crippen molar-refractivity contribution in [3.05, 3.63) is 0 Å². The highest BCUT2D eigenvalue weighted by atomic mass is 35.5. The summed E-state index contributed by atoms with van der Waals surface area (Å²) in [7, 11) is 0. The molecule has 1 fully saturated rings. The van der Waals surface area contributed by atoms with Crippen LogP contribution in [0.3, 0.4) is 0 Å². The third kappa shape index (κ3) is 1.32. The van der Waals surface area contributed by atoms with E-state index in [1.165, 1.54) is 6.54 Å². The summed E-state index contributed by atoms with van der Waals surface area (Å²) < 4.78 is 0. The minimum atomic E-state index is 0. The Morgan fingerprint density at radius 1 is 1.43 bits per heavy atom. The van der Waals surface area contributed by atoms with Gasteiger partial charge in [-0.1, -0.05) is 6.92 Å². The molecule has 0 bridgehead atoms. The van der Waals surface area contributed by atoms with Crippen LogP contribution >= 0.6 is 12.4 Å². The minimum absolute atomic E-state index is 0. The van der Waals surface area contributed by atoms with Crippen LogP contribution in [0, 0.1) is 5.92 Å². The fourth-order valence-corrected chi connectivity index (χ4v) is 0.589. The van der Waals surface area contributed by atoms with E-state index < -0.39 is 0 Å². The summed E-state index contributed by atoms with van der Waals surface area (Å²) in [5.41, 5.74) is 0. The molecule has 1 rings (SSSR count). The van der Waals surface area contributed by atoms with E-state index in [9.17, 15) is 0 Å². The SMILES string of the molecule is CC1CNC1C.Cl. The summed E-state index contributed by atoms with van der Waals surface area (Å²) in [6.07, 6.45) is 0. The van der Waals surface area contributed by atoms with Gasteiger partial charge in [0.2, 0.25) is 0 Å². The van der Waals surface area contributed by atoms with Gasteiger partial charge in [-0.2, -0.15) is 0 Å². The summed E-state index contributed by atoms with van der Waals surface area (Å²) in [6.45, 7) is 5.70. The molecule has 1 saturated heterocycles. The molecule has 2 atom stereocenters. The summed E-state index contributed by atoms with van der Waals surface area (Å²) >= 11 is 0. The van der Waals surface area contributed by atoms with Crippen molar-refractivity contribution in [1.29, 1.82) is 0 Å². The van der Waals surface area contributed by atoms with Gasteiger partial charge in [-0.05, 0) is 19.4 Å². The summed E-state index contributed by atoms with van der Waals surface area (Å²) in [4.78, 5) is 0. The predicted octanol–water partition coefficient (Wildman–Crippen LogP) is 1.04. The first kappa shape index (κ1) is 7.25. The molecular weight excluding hydrogens is 110 g/mol. The molecule has 0 aliphatic carbocycles. The smallest absolute Gasteiger partial charge is 0.00765 e. The van der Waals surface area contributed by atoms with E-state index in [0.29, 0.717) is 0 Å². The van der Waals surface area contributed by atoms with Crippen molar-refractivity contribution in [3.63, 3.8) is 0 Å². The van der Waals surface area contributed by atoms with Gasteiger partial charge in [-0.25, -0.2) is 0 Å². The first-order valence-corrected chi connectivity index (χ1v) is 2.54. The average Bonchev–Trinajstić information content (AvgIpc) is 1.61. The van der Waals surface area contributed by atoms with Crippen LogP contribution in [0.4, 0.5) is 0 Å². The molecule has 1 aliphatic rings. The Morgan fingerprint density at radius 3 is 1.86 bits per heavy atom. The first-order chi connectivity index (χ1) is 2.80. The number of hydrogen-bond donors (Lipinski definition) is 1. The van der Waals surface area contributed by atoms with Gasteiger partial charge in [-0.3, -0.25) is 0 Å². The maximum atomic E-state index is 3.26. The first-order valence-electron chi connectivity index (χ1n) is 2.54. The van der Waals surface area contributed by atoms with E-state index in [4.69, 9.17) is 0 Å². The Kier molecular flexibility index (Phi) is 2.62. The lowest BCUT2D eigenvalue weighted by atomic mass is 9.96. The van der Waals surface area contributed by atoms with Gasteiger partial charge in [0.05, 0.1) is 0 Å². The van der Waals surface area contributed by atoms with Gasteiger partial charge in [0.1, 0.15) is 0 Å². The Bertz CT molecular complexity index is 48.0. The topological polar surface area (TPSA) is 12.0 Å². The van der Waals surface area contributed by atoms with Crippen LogP contribution in [-0.2, 0) is 0 Å². The van der Waals surface area contributed by atoms with Crippen molar-refractivity contribution in [2.75, 3.05) is 6.54 Å². The summed E-state index contributed by atoms with van der Waals surface area (Å²) in [5, 5.41) is 3.26. The van der Waals surface area contributed by atoms with Crippen molar-refractivity contribution >= 4 is 12.4 Å². The summed E-state index contributed by atoms with van der Waals surface area (Å²) in [5.74, 6) is 0.921. The van der Waals surface area contributed by atoms with E-state index in [1.54, 1.807) is 0 Å². The van der Waals surface area contributed by atoms with E-state index in [0.717, 1.165) is 12.0 Å². The molecule has 1 nitrogen and oxygen atoms in total. The Balaban J connectivity index is 0.000000360. The lowest BCUT2D eigenvalue weighted by Crippen LogP contribution is -2.49. The Morgan fingerprint density at radius 2 is 1.86 bits per heavy atom. The second-order valence-electron chi connectivity index (χ2n) is 2.17. The van der Waals surface area contributed by atoms with Gasteiger partial charge in [0.15, 0.2) is 0 Å². The van der Waals surface area contributed by atoms with Gasteiger partial charge in [0.25, 0.3) is 0 Å². The Labute approximate surface area is 50.9 Å². The third-order valence-corrected chi connectivity index (χ3v) is 1.62. The van der Waals surface area contributed by atoms with Crippen LogP contribution in [0.1, 0.15) is 13.8 Å². The van der Waals surface area contributed by atoms with Crippen LogP contribution < -0.4 is 5.32 Å². The molecule has 1 aliphatic heterocycles. The number of nitrogens with one attached hydrogen (secondary N) is 1. The molecule has 1 N–H and O–H groups in total. The molecule has 1 heterocycles. The molecule has 0 amide bonds. The highest BCUT2D eigenvalue weighted by Gasteiger charge is 2.19. The molecule has 2 heteroatoms. The highest BCUT2D eigenvalue weighted by Crippen LogP contribution is 2.08. The number of hydrogen-bond acceptors (Lipinski definition) is 1. The van der Waals surface area contributed by atoms with E-state index >= 15 is 0 Å². The molecule has 0 saturated carbocycles. The van der Waals surface area contributed by atoms with E-state index in [2.05, 4.69) is 19.2 Å². The number of halogens is 1. The molecular formula is C5H12ClN. The second kappa shape index (κ2) is 2.53. The third-order valence-electron chi connectivity index (χ3n) is 1.62. The predicted molar refractivity (Wildman–Crippen MR) is 33.9 cm³/mol. The number of rotatable bonds is 0. The maximum Gasteiger partial charge on any atom is 0.00765 e. The quantitative estimate of drug-likeness (QED) is 0.505. The fraction of sp³-hybridized carbons (Fsp3) is 1.00. The zero-order valence-corrected chi connectivity index (χ0v) is 5.59. The largest absolute Gasteiger partial charge is 0.314 e. The molecule has 0 aromatic heterocycles. The Hall–Kier alpha value is 0.250. The van der Waals surface area contributed by atoms with Crippen LogP contribution in [0.2, 0.25) is 0 Å². The molecule has 2 unspecified atom stereocenters. The monoisotopic (exact) mass is 121 g/mol. The molecule has 7 heavy (non-hydrogen) atoms. The van der Waals surface area contributed by atoms with Crippen LogP contribution in [0.5, 0.6) is 0 Å². The van der Waals surface area contributed by atoms with Crippen molar-refractivity contribution in [1.82, 2.24) is 5.32 Å². The zero-order valence-electron chi connectivity index (χ0n) is 4.77. The normalized spacial score (nSPS) is 38.6. The lowest BCUT2D eigenvalue weighted by Gasteiger charge is -2.31. The zero-order chi connectivity index (χ0) is 4.57. The van der Waals surface area contributed by atoms with Gasteiger partial charge in [-0.15, -0.1) is 12.4 Å². The van der Waals surface area contributed by atoms with Crippen molar-refractivity contribution in [2.24, 2.45) is 5.92 Å². The summed E-state index contributed by atoms with van der Waals surface area (Å²) in [6, 6.07) is 0.782. The van der Waals surface area contributed by atoms with Crippen molar-refractivity contribution in [3.8, 4) is 0 Å². The highest BCUT2D eigenvalue weighted by molar-refractivity contribution is 5.85. The van der Waals surface area contributed by atoms with E-state index in [1.807, 2.05) is 0 Å². The molecule has 0 aromatic carbocycles. The van der Waals surface area contributed by atoms with Crippen LogP contribution in [0.15, 0.2) is 0 Å². The molecule has 0 spiro atoms. The van der Waals surface area contributed by atoms with Crippen LogP contribution in [0.25, 0.3) is 0 Å². The molecule has 44 valence electrons. The lowest BCUT2D eigenvalue weighted by molar-refractivity contribution is 0.274. The molecule has 0 radical (unpaired) electrons. The van der Waals surface area contributed by atoms with Gasteiger partial charge >= 0.3 is 0 Å². The maximum absolute atomic E-state index is 3.26. The minimum Gasteiger partial charge on any atom is -0.314 e. The average molecular weight is 122 g/mol. The van der Waals surface area contributed by atoms with Crippen molar-refractivity contribution < 1.29 is 0 Å². The fourth-order valence-electron chi connectivity index (χ4n) is 0.589. The van der Waals surface area contributed by atoms with Gasteiger partial charge < -0.3 is 5.32 Å².